The van der Waals surface area contributed by atoms with Gasteiger partial charge >= 0.3 is 0 Å². The molecule has 5 nitrogen and oxygen atoms in total. The van der Waals surface area contributed by atoms with Crippen LogP contribution in [0.1, 0.15) is 116 Å². The maximum absolute atomic E-state index is 12.6. The molecule has 1 heterocycles. The Morgan fingerprint density at radius 3 is 2.07 bits per heavy atom. The summed E-state index contributed by atoms with van der Waals surface area (Å²) in [5.74, 6) is 2.40. The summed E-state index contributed by atoms with van der Waals surface area (Å²) in [6, 6.07) is 13.9. The molecule has 43 heavy (non-hydrogen) atoms. The van der Waals surface area contributed by atoms with Crippen LogP contribution in [0.2, 0.25) is 0 Å². The molecule has 1 aliphatic heterocycles. The first-order valence-corrected chi connectivity index (χ1v) is 17.2. The van der Waals surface area contributed by atoms with Crippen molar-refractivity contribution < 1.29 is 14.3 Å². The van der Waals surface area contributed by atoms with Crippen molar-refractivity contribution in [2.45, 2.75) is 117 Å². The van der Waals surface area contributed by atoms with Crippen molar-refractivity contribution in [2.24, 2.45) is 0 Å². The van der Waals surface area contributed by atoms with Crippen LogP contribution in [0.5, 0.6) is 11.5 Å². The lowest BCUT2D eigenvalue weighted by atomic mass is 9.86. The van der Waals surface area contributed by atoms with Crippen LogP contribution in [0, 0.1) is 0 Å². The van der Waals surface area contributed by atoms with Gasteiger partial charge in [-0.3, -0.25) is 4.79 Å². The van der Waals surface area contributed by atoms with E-state index < -0.39 is 0 Å². The standard InChI is InChI=1S/C36H54N2O3S.BrH/c1-5-6-7-8-9-10-11-12-13-14-15-16-24-40-34-22-21-32(26-33(34)36(2,3)4)41-28-35(39)37-31-19-17-30(18-20-31)27-38-23-25-42-29-38;/h17-23,25-26H,5-16,24,27-29H2,1-4H3,(H,37,39);1H. The second-order valence-corrected chi connectivity index (χ2v) is 13.4. The molecule has 0 fully saturated rings. The molecule has 0 unspecified atom stereocenters. The van der Waals surface area contributed by atoms with Crippen LogP contribution in [-0.4, -0.2) is 29.9 Å². The van der Waals surface area contributed by atoms with Crippen LogP contribution in [0.15, 0.2) is 54.1 Å². The minimum atomic E-state index is -0.175. The molecule has 0 atom stereocenters. The molecule has 2 aromatic carbocycles. The van der Waals surface area contributed by atoms with E-state index in [0.29, 0.717) is 5.75 Å². The maximum atomic E-state index is 12.6. The number of nitrogens with zero attached hydrogens (tertiary/aromatic N) is 1. The average molecular weight is 676 g/mol. The van der Waals surface area contributed by atoms with Crippen molar-refractivity contribution in [3.05, 3.63) is 65.2 Å². The van der Waals surface area contributed by atoms with E-state index in [-0.39, 0.29) is 34.9 Å². The first kappa shape index (κ1) is 37.1. The Hall–Kier alpha value is -2.12. The largest absolute Gasteiger partial charge is 0.493 e. The van der Waals surface area contributed by atoms with Gasteiger partial charge < -0.3 is 19.7 Å². The van der Waals surface area contributed by atoms with Crippen LogP contribution in [0.3, 0.4) is 0 Å². The number of halogens is 1. The molecule has 0 saturated carbocycles. The second kappa shape index (κ2) is 20.8. The summed E-state index contributed by atoms with van der Waals surface area (Å²) >= 11 is 1.80. The first-order chi connectivity index (χ1) is 20.3. The third-order valence-corrected chi connectivity index (χ3v) is 8.41. The Kier molecular flexibility index (Phi) is 17.9. The van der Waals surface area contributed by atoms with E-state index in [1.165, 1.54) is 76.2 Å². The molecule has 0 saturated heterocycles. The van der Waals surface area contributed by atoms with Crippen LogP contribution in [0.25, 0.3) is 0 Å². The van der Waals surface area contributed by atoms with E-state index in [9.17, 15) is 4.79 Å². The van der Waals surface area contributed by atoms with Crippen molar-refractivity contribution in [2.75, 3.05) is 24.4 Å². The van der Waals surface area contributed by atoms with Gasteiger partial charge in [0.05, 0.1) is 12.5 Å². The molecule has 7 heteroatoms. The van der Waals surface area contributed by atoms with Crippen molar-refractivity contribution in [3.63, 3.8) is 0 Å². The highest BCUT2D eigenvalue weighted by molar-refractivity contribution is 8.93. The van der Waals surface area contributed by atoms with E-state index in [2.05, 4.69) is 61.7 Å². The van der Waals surface area contributed by atoms with Crippen molar-refractivity contribution in [1.29, 1.82) is 0 Å². The smallest absolute Gasteiger partial charge is 0.262 e. The fraction of sp³-hybridized carbons (Fsp3) is 0.583. The fourth-order valence-corrected chi connectivity index (χ4v) is 5.83. The van der Waals surface area contributed by atoms with E-state index >= 15 is 0 Å². The SMILES string of the molecule is Br.CCCCCCCCCCCCCCOc1ccc(OCC(=O)Nc2ccc(CN3C=CSC3)cc2)cc1C(C)(C)C. The Balaban J connectivity index is 0.00000645. The van der Waals surface area contributed by atoms with Crippen molar-refractivity contribution in [3.8, 4) is 11.5 Å². The van der Waals surface area contributed by atoms with E-state index in [4.69, 9.17) is 9.47 Å². The summed E-state index contributed by atoms with van der Waals surface area (Å²) < 4.78 is 12.1. The molecular formula is C36H55BrN2O3S. The Morgan fingerprint density at radius 2 is 1.49 bits per heavy atom. The highest BCUT2D eigenvalue weighted by Crippen LogP contribution is 2.34. The molecule has 1 aliphatic rings. The number of thioether (sulfide) groups is 1. The van der Waals surface area contributed by atoms with Gasteiger partial charge in [-0.1, -0.05) is 110 Å². The van der Waals surface area contributed by atoms with Crippen molar-refractivity contribution >= 4 is 40.3 Å². The first-order valence-electron chi connectivity index (χ1n) is 16.2. The number of anilines is 1. The molecule has 0 radical (unpaired) electrons. The van der Waals surface area contributed by atoms with Crippen LogP contribution in [-0.2, 0) is 16.8 Å². The number of carbonyl (C=O) groups is 1. The van der Waals surface area contributed by atoms with Crippen LogP contribution < -0.4 is 14.8 Å². The lowest BCUT2D eigenvalue weighted by molar-refractivity contribution is -0.118. The number of ether oxygens (including phenoxy) is 2. The van der Waals surface area contributed by atoms with Gasteiger partial charge in [-0.25, -0.2) is 0 Å². The normalized spacial score (nSPS) is 12.7. The minimum Gasteiger partial charge on any atom is -0.493 e. The molecule has 0 bridgehead atoms. The summed E-state index contributed by atoms with van der Waals surface area (Å²) in [5.41, 5.74) is 2.99. The number of nitrogens with one attached hydrogen (secondary N) is 1. The van der Waals surface area contributed by atoms with Gasteiger partial charge in [0.25, 0.3) is 5.91 Å². The predicted octanol–water partition coefficient (Wildman–Crippen LogP) is 10.6. The monoisotopic (exact) mass is 674 g/mol. The number of carbonyl (C=O) groups excluding carboxylic acids is 1. The highest BCUT2D eigenvalue weighted by atomic mass is 79.9. The number of unbranched alkanes of at least 4 members (excludes halogenated alkanes) is 11. The molecule has 1 amide bonds. The number of rotatable bonds is 20. The fourth-order valence-electron chi connectivity index (χ4n) is 5.12. The second-order valence-electron chi connectivity index (χ2n) is 12.5. The van der Waals surface area contributed by atoms with Gasteiger partial charge in [-0.15, -0.1) is 28.7 Å². The Labute approximate surface area is 276 Å². The molecule has 1 N–H and O–H groups in total. The third-order valence-electron chi connectivity index (χ3n) is 7.62. The van der Waals surface area contributed by atoms with Gasteiger partial charge in [0.1, 0.15) is 11.5 Å². The van der Waals surface area contributed by atoms with Gasteiger partial charge in [0.15, 0.2) is 6.61 Å². The molecule has 240 valence electrons. The molecule has 0 aliphatic carbocycles. The minimum absolute atomic E-state index is 0. The molecule has 2 aromatic rings. The van der Waals surface area contributed by atoms with E-state index in [1.807, 2.05) is 30.3 Å². The molecule has 0 aromatic heterocycles. The topological polar surface area (TPSA) is 50.8 Å². The lowest BCUT2D eigenvalue weighted by Gasteiger charge is -2.24. The van der Waals surface area contributed by atoms with Gasteiger partial charge in [-0.05, 0) is 53.1 Å². The zero-order chi connectivity index (χ0) is 30.0. The van der Waals surface area contributed by atoms with Gasteiger partial charge in [0, 0.05) is 24.0 Å². The average Bonchev–Trinajstić information content (AvgIpc) is 3.48. The van der Waals surface area contributed by atoms with E-state index in [1.54, 1.807) is 11.8 Å². The van der Waals surface area contributed by atoms with Crippen LogP contribution in [0.4, 0.5) is 5.69 Å². The summed E-state index contributed by atoms with van der Waals surface area (Å²) in [7, 11) is 0. The maximum Gasteiger partial charge on any atom is 0.262 e. The lowest BCUT2D eigenvalue weighted by Crippen LogP contribution is -2.20. The number of hydrogen-bond donors (Lipinski definition) is 1. The van der Waals surface area contributed by atoms with Crippen molar-refractivity contribution in [1.82, 2.24) is 4.90 Å². The molecule has 3 rings (SSSR count). The number of benzene rings is 2. The zero-order valence-electron chi connectivity index (χ0n) is 27.0. The Morgan fingerprint density at radius 1 is 0.860 bits per heavy atom. The number of amides is 1. The number of hydrogen-bond acceptors (Lipinski definition) is 5. The summed E-state index contributed by atoms with van der Waals surface area (Å²) in [6.07, 6.45) is 18.1. The Bertz CT molecular complexity index is 1080. The zero-order valence-corrected chi connectivity index (χ0v) is 29.5. The molecular weight excluding hydrogens is 620 g/mol. The van der Waals surface area contributed by atoms with E-state index in [0.717, 1.165) is 42.4 Å². The quantitative estimate of drug-likeness (QED) is 0.142. The third kappa shape index (κ3) is 14.9. The highest BCUT2D eigenvalue weighted by Gasteiger charge is 2.20. The van der Waals surface area contributed by atoms with Crippen LogP contribution >= 0.6 is 28.7 Å². The predicted molar refractivity (Wildman–Crippen MR) is 190 cm³/mol. The summed E-state index contributed by atoms with van der Waals surface area (Å²) in [4.78, 5) is 14.8. The summed E-state index contributed by atoms with van der Waals surface area (Å²) in [6.45, 7) is 10.4. The molecule has 0 spiro atoms. The van der Waals surface area contributed by atoms with Gasteiger partial charge in [0.2, 0.25) is 0 Å². The summed E-state index contributed by atoms with van der Waals surface area (Å²) in [5, 5.41) is 5.05. The van der Waals surface area contributed by atoms with Gasteiger partial charge in [-0.2, -0.15) is 0 Å².